The molecule has 31 heavy (non-hydrogen) atoms. The van der Waals surface area contributed by atoms with Crippen molar-refractivity contribution in [1.29, 1.82) is 5.26 Å². The average molecular weight is 535 g/mol. The van der Waals surface area contributed by atoms with E-state index >= 15 is 0 Å². The van der Waals surface area contributed by atoms with Crippen LogP contribution in [-0.2, 0) is 4.79 Å². The minimum absolute atomic E-state index is 0.0514. The Hall–Kier alpha value is -1.91. The van der Waals surface area contributed by atoms with Crippen molar-refractivity contribution in [2.45, 2.75) is 3.79 Å². The summed E-state index contributed by atoms with van der Waals surface area (Å²) in [6.45, 7) is 3.84. The Balaban J connectivity index is 2.00. The van der Waals surface area contributed by atoms with Crippen molar-refractivity contribution < 1.29 is 4.79 Å². The topological polar surface area (TPSA) is 68.5 Å². The van der Waals surface area contributed by atoms with Gasteiger partial charge in [0.25, 0.3) is 5.91 Å². The standard InChI is InChI=1S/C20H10Cl6N4O/c1-10-6-17(20(24,25)26)30(12-3-4-13(21)14(22)8-12)29-18(10)19(31)28-16-5-2-11(9-27)7-15(16)23/h2-8H,1H2,(H,28,31). The quantitative estimate of drug-likeness (QED) is 0.425. The smallest absolute Gasteiger partial charge is 0.276 e. The molecule has 5 nitrogen and oxygen atoms in total. The third-order valence-corrected chi connectivity index (χ3v) is 5.68. The lowest BCUT2D eigenvalue weighted by Crippen LogP contribution is -2.35. The van der Waals surface area contributed by atoms with E-state index in [1.807, 2.05) is 6.07 Å². The van der Waals surface area contributed by atoms with Crippen LogP contribution in [0.15, 0.2) is 65.4 Å². The third kappa shape index (κ3) is 5.30. The van der Waals surface area contributed by atoms with Crippen LogP contribution < -0.4 is 10.3 Å². The SMILES string of the molecule is C=C1C=C(C(Cl)(Cl)Cl)N(c2ccc(Cl)c(Cl)c2)N=C1C(=O)Nc1ccc(C#N)cc1Cl. The number of amides is 1. The van der Waals surface area contributed by atoms with E-state index in [1.165, 1.54) is 35.4 Å². The molecule has 0 atom stereocenters. The molecule has 1 aliphatic heterocycles. The van der Waals surface area contributed by atoms with Crippen molar-refractivity contribution in [2.75, 3.05) is 10.3 Å². The van der Waals surface area contributed by atoms with Gasteiger partial charge in [-0.05, 0) is 42.5 Å². The van der Waals surface area contributed by atoms with Crippen LogP contribution in [-0.4, -0.2) is 15.4 Å². The molecule has 1 aliphatic rings. The average Bonchev–Trinajstić information content (AvgIpc) is 2.70. The monoisotopic (exact) mass is 532 g/mol. The highest BCUT2D eigenvalue weighted by Gasteiger charge is 2.36. The molecule has 2 aromatic rings. The first kappa shape index (κ1) is 23.7. The molecule has 1 heterocycles. The largest absolute Gasteiger partial charge is 0.319 e. The van der Waals surface area contributed by atoms with Gasteiger partial charge in [-0.2, -0.15) is 10.4 Å². The molecule has 0 saturated heterocycles. The number of nitrogens with zero attached hydrogens (tertiary/aromatic N) is 3. The van der Waals surface area contributed by atoms with Gasteiger partial charge in [-0.3, -0.25) is 4.79 Å². The number of nitriles is 1. The van der Waals surface area contributed by atoms with E-state index in [4.69, 9.17) is 74.9 Å². The van der Waals surface area contributed by atoms with Gasteiger partial charge in [-0.25, -0.2) is 5.01 Å². The predicted octanol–water partition coefficient (Wildman–Crippen LogP) is 7.14. The maximum atomic E-state index is 12.9. The van der Waals surface area contributed by atoms with Gasteiger partial charge in [-0.15, -0.1) is 0 Å². The lowest BCUT2D eigenvalue weighted by molar-refractivity contribution is -0.110. The summed E-state index contributed by atoms with van der Waals surface area (Å²) in [6.07, 6.45) is 1.43. The van der Waals surface area contributed by atoms with Crippen molar-refractivity contribution in [3.05, 3.63) is 81.0 Å². The molecule has 0 fully saturated rings. The number of alkyl halides is 3. The molecule has 0 aliphatic carbocycles. The summed E-state index contributed by atoms with van der Waals surface area (Å²) in [6, 6.07) is 11.1. The summed E-state index contributed by atoms with van der Waals surface area (Å²) in [5, 5.41) is 17.9. The fourth-order valence-corrected chi connectivity index (χ4v) is 3.51. The van der Waals surface area contributed by atoms with Crippen molar-refractivity contribution in [3.8, 4) is 6.07 Å². The zero-order valence-electron chi connectivity index (χ0n) is 15.3. The molecule has 0 aromatic heterocycles. The Morgan fingerprint density at radius 1 is 1.06 bits per heavy atom. The maximum Gasteiger partial charge on any atom is 0.276 e. The van der Waals surface area contributed by atoms with Gasteiger partial charge < -0.3 is 5.32 Å². The van der Waals surface area contributed by atoms with Gasteiger partial charge in [0.15, 0.2) is 5.71 Å². The van der Waals surface area contributed by atoms with E-state index in [0.717, 1.165) is 0 Å². The normalized spacial score (nSPS) is 14.0. The second-order valence-electron chi connectivity index (χ2n) is 6.17. The Bertz CT molecular complexity index is 1190. The van der Waals surface area contributed by atoms with E-state index in [0.29, 0.717) is 22.0 Å². The van der Waals surface area contributed by atoms with Gasteiger partial charge in [0.1, 0.15) is 0 Å². The molecule has 0 radical (unpaired) electrons. The van der Waals surface area contributed by atoms with Crippen LogP contribution in [0, 0.1) is 11.3 Å². The van der Waals surface area contributed by atoms with E-state index in [1.54, 1.807) is 12.1 Å². The van der Waals surface area contributed by atoms with Gasteiger partial charge >= 0.3 is 0 Å². The summed E-state index contributed by atoms with van der Waals surface area (Å²) in [5.41, 5.74) is 1.33. The summed E-state index contributed by atoms with van der Waals surface area (Å²) in [4.78, 5) is 12.9. The number of allylic oxidation sites excluding steroid dienone is 2. The molecule has 0 saturated carbocycles. The van der Waals surface area contributed by atoms with Gasteiger partial charge in [0.2, 0.25) is 3.79 Å². The zero-order valence-corrected chi connectivity index (χ0v) is 19.8. The van der Waals surface area contributed by atoms with Crippen LogP contribution in [0.2, 0.25) is 15.1 Å². The second-order valence-corrected chi connectivity index (χ2v) is 9.67. The van der Waals surface area contributed by atoms with Crippen LogP contribution in [0.25, 0.3) is 0 Å². The molecule has 11 heteroatoms. The lowest BCUT2D eigenvalue weighted by Gasteiger charge is -2.31. The molecular weight excluding hydrogens is 525 g/mol. The molecule has 1 amide bonds. The fraction of sp³-hybridized carbons (Fsp3) is 0.0500. The first-order valence-corrected chi connectivity index (χ1v) is 10.6. The number of hydrogen-bond donors (Lipinski definition) is 1. The number of benzene rings is 2. The van der Waals surface area contributed by atoms with Crippen molar-refractivity contribution >= 4 is 92.6 Å². The Kier molecular flexibility index (Phi) is 7.12. The Morgan fingerprint density at radius 2 is 1.77 bits per heavy atom. The van der Waals surface area contributed by atoms with Crippen LogP contribution in [0.4, 0.5) is 11.4 Å². The number of hydrazone groups is 1. The van der Waals surface area contributed by atoms with E-state index in [2.05, 4.69) is 17.0 Å². The minimum Gasteiger partial charge on any atom is -0.319 e. The van der Waals surface area contributed by atoms with E-state index < -0.39 is 9.70 Å². The predicted molar refractivity (Wildman–Crippen MR) is 129 cm³/mol. The number of halogens is 6. The summed E-state index contributed by atoms with van der Waals surface area (Å²) in [7, 11) is 0. The summed E-state index contributed by atoms with van der Waals surface area (Å²) < 4.78 is -1.88. The first-order valence-electron chi connectivity index (χ1n) is 8.34. The van der Waals surface area contributed by atoms with Gasteiger partial charge in [0.05, 0.1) is 43.8 Å². The van der Waals surface area contributed by atoms with Crippen LogP contribution in [0.3, 0.4) is 0 Å². The number of hydrogen-bond acceptors (Lipinski definition) is 4. The molecule has 1 N–H and O–H groups in total. The van der Waals surface area contributed by atoms with Crippen molar-refractivity contribution in [2.24, 2.45) is 5.10 Å². The van der Waals surface area contributed by atoms with Crippen LogP contribution >= 0.6 is 69.6 Å². The van der Waals surface area contributed by atoms with Crippen LogP contribution in [0.1, 0.15) is 5.56 Å². The van der Waals surface area contributed by atoms with Crippen LogP contribution in [0.5, 0.6) is 0 Å². The number of anilines is 2. The number of carbonyl (C=O) groups excluding carboxylic acids is 1. The second kappa shape index (κ2) is 9.30. The summed E-state index contributed by atoms with van der Waals surface area (Å²) >= 11 is 36.6. The maximum absolute atomic E-state index is 12.9. The Labute approximate surface area is 208 Å². The number of nitrogens with one attached hydrogen (secondary N) is 1. The zero-order chi connectivity index (χ0) is 22.9. The molecule has 0 bridgehead atoms. The van der Waals surface area contributed by atoms with E-state index in [9.17, 15) is 4.79 Å². The molecular formula is C20H10Cl6N4O. The van der Waals surface area contributed by atoms with Gasteiger partial charge in [-0.1, -0.05) is 76.2 Å². The lowest BCUT2D eigenvalue weighted by atomic mass is 10.1. The number of carbonyl (C=O) groups is 1. The molecule has 0 spiro atoms. The molecule has 0 unspecified atom stereocenters. The fourth-order valence-electron chi connectivity index (χ4n) is 2.59. The molecule has 158 valence electrons. The molecule has 2 aromatic carbocycles. The highest BCUT2D eigenvalue weighted by Crippen LogP contribution is 2.42. The highest BCUT2D eigenvalue weighted by atomic mass is 35.6. The van der Waals surface area contributed by atoms with Gasteiger partial charge in [0, 0.05) is 5.57 Å². The van der Waals surface area contributed by atoms with E-state index in [-0.39, 0.29) is 27.0 Å². The Morgan fingerprint density at radius 3 is 2.35 bits per heavy atom. The first-order chi connectivity index (χ1) is 14.5. The summed E-state index contributed by atoms with van der Waals surface area (Å²) in [5.74, 6) is -0.610. The third-order valence-electron chi connectivity index (χ3n) is 4.04. The number of rotatable bonds is 3. The minimum atomic E-state index is -1.88. The van der Waals surface area contributed by atoms with Crippen molar-refractivity contribution in [1.82, 2.24) is 0 Å². The molecule has 3 rings (SSSR count). The van der Waals surface area contributed by atoms with Crippen molar-refractivity contribution in [3.63, 3.8) is 0 Å². The highest BCUT2D eigenvalue weighted by molar-refractivity contribution is 6.69.